The number of hydrogen-bond donors (Lipinski definition) is 0. The third-order valence-electron chi connectivity index (χ3n) is 1.80. The van der Waals surface area contributed by atoms with E-state index in [9.17, 15) is 0 Å². The number of rotatable bonds is 0. The molecule has 1 fully saturated rings. The zero-order valence-corrected chi connectivity index (χ0v) is 8.61. The van der Waals surface area contributed by atoms with E-state index < -0.39 is 0 Å². The normalized spacial score (nSPS) is 28.6. The summed E-state index contributed by atoms with van der Waals surface area (Å²) in [5, 5.41) is 0. The largest absolute Gasteiger partial charge is 0.381 e. The summed E-state index contributed by atoms with van der Waals surface area (Å²) in [6.45, 7) is 12.7. The molecule has 0 aliphatic carbocycles. The van der Waals surface area contributed by atoms with Crippen LogP contribution in [0.1, 0.15) is 41.0 Å². The first kappa shape index (κ1) is 11.0. The van der Waals surface area contributed by atoms with Gasteiger partial charge in [-0.3, -0.25) is 0 Å². The summed E-state index contributed by atoms with van der Waals surface area (Å²) < 4.78 is 5.40. The maximum Gasteiger partial charge on any atom is 0.0517 e. The van der Waals surface area contributed by atoms with E-state index in [-0.39, 0.29) is 0 Å². The molecule has 11 heavy (non-hydrogen) atoms. The molecule has 1 heteroatoms. The second kappa shape index (κ2) is 4.76. The highest BCUT2D eigenvalue weighted by Gasteiger charge is 2.25. The molecule has 1 saturated heterocycles. The van der Waals surface area contributed by atoms with Gasteiger partial charge in [0.25, 0.3) is 0 Å². The first-order chi connectivity index (χ1) is 5.10. The highest BCUT2D eigenvalue weighted by molar-refractivity contribution is 4.74. The lowest BCUT2D eigenvalue weighted by Crippen LogP contribution is -2.30. The fourth-order valence-electron chi connectivity index (χ4n) is 1.60. The van der Waals surface area contributed by atoms with Gasteiger partial charge in [-0.15, -0.1) is 0 Å². The molecule has 0 aromatic heterocycles. The van der Waals surface area contributed by atoms with E-state index in [4.69, 9.17) is 4.74 Å². The van der Waals surface area contributed by atoms with Crippen molar-refractivity contribution in [3.63, 3.8) is 0 Å². The monoisotopic (exact) mass is 158 g/mol. The molecule has 1 aliphatic heterocycles. The van der Waals surface area contributed by atoms with E-state index in [0.29, 0.717) is 5.41 Å². The van der Waals surface area contributed by atoms with Gasteiger partial charge in [0.2, 0.25) is 0 Å². The van der Waals surface area contributed by atoms with Gasteiger partial charge in [0.05, 0.1) is 6.61 Å². The Bertz CT molecular complexity index is 97.0. The van der Waals surface area contributed by atoms with Gasteiger partial charge in [0.1, 0.15) is 0 Å². The van der Waals surface area contributed by atoms with E-state index in [1.807, 2.05) is 13.8 Å². The van der Waals surface area contributed by atoms with E-state index in [0.717, 1.165) is 19.1 Å². The lowest BCUT2D eigenvalue weighted by atomic mass is 9.83. The number of hydrogen-bond acceptors (Lipinski definition) is 1. The molecular weight excluding hydrogens is 136 g/mol. The summed E-state index contributed by atoms with van der Waals surface area (Å²) in [4.78, 5) is 0. The number of ether oxygens (including phenoxy) is 1. The van der Waals surface area contributed by atoms with Crippen LogP contribution in [-0.4, -0.2) is 13.2 Å². The molecule has 0 spiro atoms. The molecule has 0 radical (unpaired) electrons. The Kier molecular flexibility index (Phi) is 4.74. The Morgan fingerprint density at radius 3 is 2.09 bits per heavy atom. The standard InChI is InChI=1S/C8H16O.C2H6/c1-7-4-8(2,3)6-9-5-7;1-2/h7H,4-6H2,1-3H3;1-2H3. The van der Waals surface area contributed by atoms with Gasteiger partial charge in [-0.2, -0.15) is 0 Å². The molecule has 1 rings (SSSR count). The average molecular weight is 158 g/mol. The van der Waals surface area contributed by atoms with Crippen LogP contribution in [-0.2, 0) is 4.74 Å². The second-order valence-electron chi connectivity index (χ2n) is 3.99. The maximum absolute atomic E-state index is 5.40. The van der Waals surface area contributed by atoms with Crippen molar-refractivity contribution in [3.05, 3.63) is 0 Å². The van der Waals surface area contributed by atoms with Crippen LogP contribution in [0.5, 0.6) is 0 Å². The smallest absolute Gasteiger partial charge is 0.0517 e. The van der Waals surface area contributed by atoms with Crippen molar-refractivity contribution in [1.82, 2.24) is 0 Å². The fraction of sp³-hybridized carbons (Fsp3) is 1.00. The van der Waals surface area contributed by atoms with Gasteiger partial charge in [-0.1, -0.05) is 34.6 Å². The van der Waals surface area contributed by atoms with Crippen LogP contribution < -0.4 is 0 Å². The van der Waals surface area contributed by atoms with Gasteiger partial charge in [0, 0.05) is 6.61 Å². The Morgan fingerprint density at radius 1 is 1.27 bits per heavy atom. The zero-order chi connectivity index (χ0) is 8.91. The summed E-state index contributed by atoms with van der Waals surface area (Å²) >= 11 is 0. The highest BCUT2D eigenvalue weighted by Crippen LogP contribution is 2.29. The third kappa shape index (κ3) is 4.41. The van der Waals surface area contributed by atoms with E-state index >= 15 is 0 Å². The SMILES string of the molecule is CC.CC1COCC(C)(C)C1. The van der Waals surface area contributed by atoms with Crippen molar-refractivity contribution in [2.45, 2.75) is 41.0 Å². The van der Waals surface area contributed by atoms with Crippen LogP contribution in [0.2, 0.25) is 0 Å². The molecule has 0 bridgehead atoms. The minimum atomic E-state index is 0.428. The van der Waals surface area contributed by atoms with Crippen LogP contribution >= 0.6 is 0 Å². The van der Waals surface area contributed by atoms with Crippen molar-refractivity contribution in [2.24, 2.45) is 11.3 Å². The molecule has 1 nitrogen and oxygen atoms in total. The minimum Gasteiger partial charge on any atom is -0.381 e. The van der Waals surface area contributed by atoms with Crippen LogP contribution in [0.25, 0.3) is 0 Å². The molecule has 0 saturated carbocycles. The van der Waals surface area contributed by atoms with Crippen molar-refractivity contribution in [2.75, 3.05) is 13.2 Å². The molecule has 1 unspecified atom stereocenters. The molecule has 0 N–H and O–H groups in total. The van der Waals surface area contributed by atoms with Gasteiger partial charge < -0.3 is 4.74 Å². The summed E-state index contributed by atoms with van der Waals surface area (Å²) in [6, 6.07) is 0. The summed E-state index contributed by atoms with van der Waals surface area (Å²) in [6.07, 6.45) is 1.31. The van der Waals surface area contributed by atoms with E-state index in [1.165, 1.54) is 6.42 Å². The van der Waals surface area contributed by atoms with Gasteiger partial charge >= 0.3 is 0 Å². The topological polar surface area (TPSA) is 9.23 Å². The highest BCUT2D eigenvalue weighted by atomic mass is 16.5. The van der Waals surface area contributed by atoms with Gasteiger partial charge in [-0.25, -0.2) is 0 Å². The average Bonchev–Trinajstić information content (AvgIpc) is 1.89. The molecule has 1 atom stereocenters. The molecular formula is C10H22O. The van der Waals surface area contributed by atoms with Crippen molar-refractivity contribution in [3.8, 4) is 0 Å². The van der Waals surface area contributed by atoms with Crippen LogP contribution in [0.4, 0.5) is 0 Å². The van der Waals surface area contributed by atoms with E-state index in [2.05, 4.69) is 20.8 Å². The van der Waals surface area contributed by atoms with Crippen LogP contribution in [0.15, 0.2) is 0 Å². The minimum absolute atomic E-state index is 0.428. The first-order valence-electron chi connectivity index (χ1n) is 4.68. The second-order valence-corrected chi connectivity index (χ2v) is 3.99. The Labute approximate surface area is 71.1 Å². The summed E-state index contributed by atoms with van der Waals surface area (Å²) in [5.74, 6) is 0.758. The molecule has 1 aliphatic rings. The van der Waals surface area contributed by atoms with Crippen molar-refractivity contribution in [1.29, 1.82) is 0 Å². The van der Waals surface area contributed by atoms with Gasteiger partial charge in [0.15, 0.2) is 0 Å². The Hall–Kier alpha value is -0.0400. The molecule has 0 amide bonds. The summed E-state index contributed by atoms with van der Waals surface area (Å²) in [7, 11) is 0. The predicted molar refractivity (Wildman–Crippen MR) is 49.7 cm³/mol. The van der Waals surface area contributed by atoms with Crippen LogP contribution in [0, 0.1) is 11.3 Å². The first-order valence-corrected chi connectivity index (χ1v) is 4.68. The lowest BCUT2D eigenvalue weighted by Gasteiger charge is -2.33. The summed E-state index contributed by atoms with van der Waals surface area (Å²) in [5.41, 5.74) is 0.428. The lowest BCUT2D eigenvalue weighted by molar-refractivity contribution is -0.0187. The zero-order valence-electron chi connectivity index (χ0n) is 8.61. The Balaban J connectivity index is 0.000000461. The van der Waals surface area contributed by atoms with Crippen molar-refractivity contribution < 1.29 is 4.74 Å². The van der Waals surface area contributed by atoms with E-state index in [1.54, 1.807) is 0 Å². The Morgan fingerprint density at radius 2 is 1.82 bits per heavy atom. The van der Waals surface area contributed by atoms with Crippen LogP contribution in [0.3, 0.4) is 0 Å². The maximum atomic E-state index is 5.40. The molecule has 0 aromatic rings. The van der Waals surface area contributed by atoms with Crippen molar-refractivity contribution >= 4 is 0 Å². The van der Waals surface area contributed by atoms with Gasteiger partial charge in [-0.05, 0) is 17.8 Å². The molecule has 1 heterocycles. The molecule has 68 valence electrons. The third-order valence-corrected chi connectivity index (χ3v) is 1.80. The molecule has 0 aromatic carbocycles. The predicted octanol–water partition coefficient (Wildman–Crippen LogP) is 3.10. The quantitative estimate of drug-likeness (QED) is 0.526. The fourth-order valence-corrected chi connectivity index (χ4v) is 1.60.